The first-order chi connectivity index (χ1) is 9.61. The highest BCUT2D eigenvalue weighted by molar-refractivity contribution is 5.95. The minimum Gasteiger partial charge on any atom is -0.478 e. The molecular weight excluding hydrogens is 252 g/mol. The molecule has 1 aliphatic rings. The number of rotatable bonds is 3. The lowest BCUT2D eigenvalue weighted by molar-refractivity contribution is 0.0697. The molecule has 4 heteroatoms. The van der Waals surface area contributed by atoms with Gasteiger partial charge in [0, 0.05) is 5.39 Å². The molecule has 0 amide bonds. The predicted octanol–water partition coefficient (Wildman–Crippen LogP) is 3.72. The Hall–Kier alpha value is -1.84. The average molecular weight is 272 g/mol. The van der Waals surface area contributed by atoms with Crippen LogP contribution in [0.2, 0.25) is 0 Å². The molecule has 1 N–H and O–H groups in total. The molecule has 0 aliphatic heterocycles. The maximum absolute atomic E-state index is 11.3. The summed E-state index contributed by atoms with van der Waals surface area (Å²) in [5.74, 6) is -0.868. The van der Waals surface area contributed by atoms with Crippen LogP contribution in [-0.4, -0.2) is 20.9 Å². The number of aromatic carboxylic acids is 1. The molecule has 3 rings (SSSR count). The number of nitrogens with zero attached hydrogens (tertiary/aromatic N) is 2. The molecule has 0 atom stereocenters. The zero-order valence-corrected chi connectivity index (χ0v) is 12.0. The van der Waals surface area contributed by atoms with Crippen LogP contribution in [0.5, 0.6) is 0 Å². The number of carbonyl (C=O) groups is 1. The molecule has 0 saturated heterocycles. The summed E-state index contributed by atoms with van der Waals surface area (Å²) in [6.07, 6.45) is 5.66. The minimum absolute atomic E-state index is 0.358. The van der Waals surface area contributed by atoms with Gasteiger partial charge in [0.25, 0.3) is 0 Å². The van der Waals surface area contributed by atoms with Crippen LogP contribution >= 0.6 is 0 Å². The number of hydrogen-bond acceptors (Lipinski definition) is 2. The van der Waals surface area contributed by atoms with E-state index in [4.69, 9.17) is 5.10 Å². The summed E-state index contributed by atoms with van der Waals surface area (Å²) >= 11 is 0. The molecule has 1 saturated carbocycles. The molecule has 20 heavy (non-hydrogen) atoms. The number of aromatic nitrogens is 2. The van der Waals surface area contributed by atoms with Gasteiger partial charge in [0.05, 0.1) is 22.8 Å². The van der Waals surface area contributed by atoms with Gasteiger partial charge in [-0.15, -0.1) is 0 Å². The molecule has 0 unspecified atom stereocenters. The topological polar surface area (TPSA) is 55.1 Å². The van der Waals surface area contributed by atoms with Crippen molar-refractivity contribution in [2.75, 3.05) is 0 Å². The lowest BCUT2D eigenvalue weighted by Gasteiger charge is -2.12. The Morgan fingerprint density at radius 2 is 2.10 bits per heavy atom. The molecule has 4 nitrogen and oxygen atoms in total. The summed E-state index contributed by atoms with van der Waals surface area (Å²) in [5.41, 5.74) is 3.45. The van der Waals surface area contributed by atoms with E-state index in [1.807, 2.05) is 6.92 Å². The van der Waals surface area contributed by atoms with E-state index in [9.17, 15) is 9.90 Å². The van der Waals surface area contributed by atoms with E-state index in [1.165, 1.54) is 12.8 Å². The van der Waals surface area contributed by atoms with E-state index in [0.29, 0.717) is 11.6 Å². The number of fused-ring (bicyclic) bond motifs is 1. The number of benzene rings is 1. The van der Waals surface area contributed by atoms with Crippen molar-refractivity contribution in [1.29, 1.82) is 0 Å². The lowest BCUT2D eigenvalue weighted by atomic mass is 10.0. The molecule has 106 valence electrons. The predicted molar refractivity (Wildman–Crippen MR) is 78.3 cm³/mol. The number of carboxylic acids is 1. The van der Waals surface area contributed by atoms with Crippen LogP contribution in [0.15, 0.2) is 12.1 Å². The first-order valence-corrected chi connectivity index (χ1v) is 7.37. The lowest BCUT2D eigenvalue weighted by Crippen LogP contribution is -2.07. The second-order valence-corrected chi connectivity index (χ2v) is 5.68. The largest absolute Gasteiger partial charge is 0.478 e. The monoisotopic (exact) mass is 272 g/mol. The highest BCUT2D eigenvalue weighted by Gasteiger charge is 2.23. The van der Waals surface area contributed by atoms with Crippen LogP contribution in [0, 0.1) is 6.92 Å². The fraction of sp³-hybridized carbons (Fsp3) is 0.500. The van der Waals surface area contributed by atoms with Gasteiger partial charge in [-0.2, -0.15) is 5.10 Å². The summed E-state index contributed by atoms with van der Waals surface area (Å²) in [4.78, 5) is 11.3. The third-order valence-corrected chi connectivity index (χ3v) is 4.33. The molecule has 1 heterocycles. The van der Waals surface area contributed by atoms with E-state index in [2.05, 4.69) is 11.6 Å². The number of carboxylic acid groups (broad SMARTS) is 1. The summed E-state index contributed by atoms with van der Waals surface area (Å²) in [5, 5.41) is 15.2. The Morgan fingerprint density at radius 1 is 1.40 bits per heavy atom. The Kier molecular flexibility index (Phi) is 3.24. The van der Waals surface area contributed by atoms with Crippen molar-refractivity contribution >= 4 is 16.9 Å². The van der Waals surface area contributed by atoms with Crippen LogP contribution in [0.4, 0.5) is 0 Å². The van der Waals surface area contributed by atoms with Crippen molar-refractivity contribution in [3.8, 4) is 0 Å². The molecule has 1 fully saturated rings. The smallest absolute Gasteiger partial charge is 0.335 e. The Morgan fingerprint density at radius 3 is 2.70 bits per heavy atom. The first-order valence-electron chi connectivity index (χ1n) is 7.37. The normalized spacial score (nSPS) is 16.1. The Bertz CT molecular complexity index is 667. The van der Waals surface area contributed by atoms with E-state index in [-0.39, 0.29) is 0 Å². The highest BCUT2D eigenvalue weighted by atomic mass is 16.4. The van der Waals surface area contributed by atoms with E-state index >= 15 is 0 Å². The molecule has 2 aromatic rings. The fourth-order valence-corrected chi connectivity index (χ4v) is 3.36. The number of hydrogen-bond donors (Lipinski definition) is 1. The van der Waals surface area contributed by atoms with Gasteiger partial charge in [-0.3, -0.25) is 4.68 Å². The number of aryl methyl sites for hydroxylation is 2. The maximum Gasteiger partial charge on any atom is 0.335 e. The third-order valence-electron chi connectivity index (χ3n) is 4.33. The van der Waals surface area contributed by atoms with E-state index < -0.39 is 5.97 Å². The van der Waals surface area contributed by atoms with Crippen LogP contribution < -0.4 is 0 Å². The first kappa shape index (κ1) is 13.2. The molecule has 0 spiro atoms. The molecule has 1 aromatic carbocycles. The summed E-state index contributed by atoms with van der Waals surface area (Å²) in [6.45, 7) is 4.08. The summed E-state index contributed by atoms with van der Waals surface area (Å²) in [7, 11) is 0. The fourth-order valence-electron chi connectivity index (χ4n) is 3.36. The highest BCUT2D eigenvalue weighted by Crippen LogP contribution is 2.34. The van der Waals surface area contributed by atoms with Crippen LogP contribution in [0.25, 0.3) is 10.9 Å². The molecule has 1 aromatic heterocycles. The van der Waals surface area contributed by atoms with Crippen molar-refractivity contribution in [2.24, 2.45) is 0 Å². The SMILES string of the molecule is CCc1nn(C2CCCC2)c2cc(C(=O)O)cc(C)c12. The zero-order valence-electron chi connectivity index (χ0n) is 12.0. The van der Waals surface area contributed by atoms with Gasteiger partial charge in [-0.1, -0.05) is 19.8 Å². The summed E-state index contributed by atoms with van der Waals surface area (Å²) in [6, 6.07) is 3.97. The van der Waals surface area contributed by atoms with Crippen molar-refractivity contribution in [2.45, 2.75) is 52.0 Å². The third kappa shape index (κ3) is 1.99. The molecule has 0 radical (unpaired) electrons. The maximum atomic E-state index is 11.3. The van der Waals surface area contributed by atoms with Gasteiger partial charge in [-0.05, 0) is 43.9 Å². The van der Waals surface area contributed by atoms with E-state index in [1.54, 1.807) is 12.1 Å². The van der Waals surface area contributed by atoms with Crippen molar-refractivity contribution in [3.63, 3.8) is 0 Å². The van der Waals surface area contributed by atoms with Gasteiger partial charge < -0.3 is 5.11 Å². The zero-order chi connectivity index (χ0) is 14.3. The quantitative estimate of drug-likeness (QED) is 0.926. The van der Waals surface area contributed by atoms with Crippen molar-refractivity contribution in [3.05, 3.63) is 29.0 Å². The summed E-state index contributed by atoms with van der Waals surface area (Å²) < 4.78 is 2.08. The van der Waals surface area contributed by atoms with Gasteiger partial charge in [0.1, 0.15) is 0 Å². The second-order valence-electron chi connectivity index (χ2n) is 5.68. The van der Waals surface area contributed by atoms with E-state index in [0.717, 1.165) is 41.4 Å². The average Bonchev–Trinajstić information content (AvgIpc) is 3.04. The van der Waals surface area contributed by atoms with Gasteiger partial charge in [0.15, 0.2) is 0 Å². The Labute approximate surface area is 118 Å². The Balaban J connectivity index is 2.26. The molecule has 1 aliphatic carbocycles. The van der Waals surface area contributed by atoms with Crippen LogP contribution in [0.1, 0.15) is 60.3 Å². The molecular formula is C16H20N2O2. The van der Waals surface area contributed by atoms with Gasteiger partial charge >= 0.3 is 5.97 Å². The van der Waals surface area contributed by atoms with Crippen LogP contribution in [0.3, 0.4) is 0 Å². The van der Waals surface area contributed by atoms with Crippen molar-refractivity contribution < 1.29 is 9.90 Å². The van der Waals surface area contributed by atoms with Crippen LogP contribution in [-0.2, 0) is 6.42 Å². The standard InChI is InChI=1S/C16H20N2O2/c1-3-13-15-10(2)8-11(16(19)20)9-14(15)18(17-13)12-6-4-5-7-12/h8-9,12H,3-7H2,1-2H3,(H,19,20). The molecule has 0 bridgehead atoms. The van der Waals surface area contributed by atoms with Gasteiger partial charge in [-0.25, -0.2) is 4.79 Å². The second kappa shape index (κ2) is 4.93. The minimum atomic E-state index is -0.868. The van der Waals surface area contributed by atoms with Gasteiger partial charge in [0.2, 0.25) is 0 Å². The van der Waals surface area contributed by atoms with Crippen molar-refractivity contribution in [1.82, 2.24) is 9.78 Å².